The molecule has 2 aliphatic rings. The molecule has 1 aliphatic heterocycles. The molecule has 2 N–H and O–H groups in total. The van der Waals surface area contributed by atoms with Gasteiger partial charge in [-0.2, -0.15) is 17.2 Å². The molecule has 3 atom stereocenters. The molecule has 1 unspecified atom stereocenters. The second-order valence-electron chi connectivity index (χ2n) is 9.80. The number of nitrogens with one attached hydrogen (secondary N) is 1. The number of likely N-dealkylation sites (tertiary alicyclic amines) is 1. The fraction of sp³-hybridized carbons (Fsp3) is 0.667. The van der Waals surface area contributed by atoms with Crippen LogP contribution in [0.15, 0.2) is 30.5 Å². The molecule has 0 spiro atoms. The summed E-state index contributed by atoms with van der Waals surface area (Å²) in [4.78, 5) is 12.5. The molecule has 2 fully saturated rings. The second-order valence-corrected chi connectivity index (χ2v) is 11.2. The van der Waals surface area contributed by atoms with E-state index in [-0.39, 0.29) is 12.6 Å². The molecular formula is C27H41N3O3S. The summed E-state index contributed by atoms with van der Waals surface area (Å²) in [6.45, 7) is 3.59. The first-order valence-electron chi connectivity index (χ1n) is 12.9. The number of aliphatic hydroxyl groups is 1. The Morgan fingerprint density at radius 1 is 1.18 bits per heavy atom. The lowest BCUT2D eigenvalue weighted by Crippen LogP contribution is -2.43. The Kier molecular flexibility index (Phi) is 9.88. The predicted octanol–water partition coefficient (Wildman–Crippen LogP) is 4.82. The molecule has 1 saturated heterocycles. The molecule has 1 aromatic heterocycles. The Morgan fingerprint density at radius 2 is 2.03 bits per heavy atom. The normalized spacial score (nSPS) is 22.9. The van der Waals surface area contributed by atoms with Crippen molar-refractivity contribution in [3.8, 4) is 5.75 Å². The lowest BCUT2D eigenvalue weighted by Gasteiger charge is -2.38. The SMILES string of the molecule is CONC(CC[C@@H]1CCN(CCSC2CCCC2)C[C@@H]1CO)c1ccnc2ccc(OC)cc12. The highest BCUT2D eigenvalue weighted by Gasteiger charge is 2.30. The summed E-state index contributed by atoms with van der Waals surface area (Å²) >= 11 is 2.17. The van der Waals surface area contributed by atoms with E-state index >= 15 is 0 Å². The zero-order valence-electron chi connectivity index (χ0n) is 20.7. The number of pyridine rings is 1. The van der Waals surface area contributed by atoms with E-state index in [0.29, 0.717) is 11.8 Å². The molecule has 2 aromatic rings. The minimum atomic E-state index is 0.0581. The lowest BCUT2D eigenvalue weighted by atomic mass is 9.81. The molecule has 1 saturated carbocycles. The monoisotopic (exact) mass is 487 g/mol. The van der Waals surface area contributed by atoms with Crippen molar-refractivity contribution >= 4 is 22.7 Å². The summed E-state index contributed by atoms with van der Waals surface area (Å²) in [5, 5.41) is 12.1. The van der Waals surface area contributed by atoms with Crippen LogP contribution in [0.1, 0.15) is 56.6 Å². The fourth-order valence-corrected chi connectivity index (χ4v) is 7.09. The van der Waals surface area contributed by atoms with Crippen LogP contribution >= 0.6 is 11.8 Å². The van der Waals surface area contributed by atoms with Crippen LogP contribution in [0.2, 0.25) is 0 Å². The zero-order valence-corrected chi connectivity index (χ0v) is 21.6. The van der Waals surface area contributed by atoms with Crippen molar-refractivity contribution in [1.82, 2.24) is 15.4 Å². The number of aliphatic hydroxyl groups excluding tert-OH is 1. The molecule has 0 bridgehead atoms. The maximum atomic E-state index is 10.2. The molecule has 1 aliphatic carbocycles. The number of ether oxygens (including phenoxy) is 1. The van der Waals surface area contributed by atoms with Gasteiger partial charge in [0.2, 0.25) is 0 Å². The van der Waals surface area contributed by atoms with E-state index < -0.39 is 0 Å². The maximum Gasteiger partial charge on any atom is 0.119 e. The number of methoxy groups -OCH3 is 1. The van der Waals surface area contributed by atoms with Crippen molar-refractivity contribution in [3.05, 3.63) is 36.0 Å². The molecule has 1 aromatic carbocycles. The number of piperidine rings is 1. The summed E-state index contributed by atoms with van der Waals surface area (Å²) in [5.74, 6) is 2.94. The van der Waals surface area contributed by atoms with Gasteiger partial charge in [0.1, 0.15) is 5.75 Å². The van der Waals surface area contributed by atoms with Crippen LogP contribution in [0.4, 0.5) is 0 Å². The largest absolute Gasteiger partial charge is 0.497 e. The highest BCUT2D eigenvalue weighted by atomic mass is 32.2. The molecule has 188 valence electrons. The number of hydrogen-bond donors (Lipinski definition) is 2. The molecule has 2 heterocycles. The zero-order chi connectivity index (χ0) is 23.8. The highest BCUT2D eigenvalue weighted by Crippen LogP contribution is 2.34. The number of nitrogens with zero attached hydrogens (tertiary/aromatic N) is 2. The number of hydroxylamine groups is 1. The summed E-state index contributed by atoms with van der Waals surface area (Å²) < 4.78 is 5.45. The van der Waals surface area contributed by atoms with Gasteiger partial charge in [-0.1, -0.05) is 12.8 Å². The van der Waals surface area contributed by atoms with Gasteiger partial charge < -0.3 is 19.6 Å². The second kappa shape index (κ2) is 13.1. The summed E-state index contributed by atoms with van der Waals surface area (Å²) in [6.07, 6.45) is 10.7. The fourth-order valence-electron chi connectivity index (χ4n) is 5.73. The minimum absolute atomic E-state index is 0.0581. The first-order valence-corrected chi connectivity index (χ1v) is 13.9. The van der Waals surface area contributed by atoms with Gasteiger partial charge in [-0.05, 0) is 80.3 Å². The third-order valence-corrected chi connectivity index (χ3v) is 9.08. The van der Waals surface area contributed by atoms with Gasteiger partial charge in [-0.15, -0.1) is 0 Å². The quantitative estimate of drug-likeness (QED) is 0.416. The van der Waals surface area contributed by atoms with Crippen molar-refractivity contribution < 1.29 is 14.7 Å². The number of fused-ring (bicyclic) bond motifs is 1. The number of thioether (sulfide) groups is 1. The van der Waals surface area contributed by atoms with Gasteiger partial charge in [0.25, 0.3) is 0 Å². The van der Waals surface area contributed by atoms with E-state index in [1.165, 1.54) is 37.0 Å². The Hall–Kier alpha value is -1.38. The van der Waals surface area contributed by atoms with Crippen molar-refractivity contribution in [1.29, 1.82) is 0 Å². The first kappa shape index (κ1) is 25.7. The topological polar surface area (TPSA) is 66.9 Å². The van der Waals surface area contributed by atoms with Crippen LogP contribution in [0.25, 0.3) is 10.9 Å². The Labute approximate surface area is 208 Å². The first-order chi connectivity index (χ1) is 16.7. The van der Waals surface area contributed by atoms with E-state index in [1.807, 2.05) is 18.3 Å². The highest BCUT2D eigenvalue weighted by molar-refractivity contribution is 7.99. The van der Waals surface area contributed by atoms with E-state index in [1.54, 1.807) is 14.2 Å². The van der Waals surface area contributed by atoms with Crippen LogP contribution in [-0.2, 0) is 4.84 Å². The Balaban J connectivity index is 1.34. The third-order valence-electron chi connectivity index (χ3n) is 7.72. The van der Waals surface area contributed by atoms with Crippen LogP contribution < -0.4 is 10.2 Å². The van der Waals surface area contributed by atoms with Gasteiger partial charge in [0.05, 0.1) is 25.8 Å². The molecule has 4 rings (SSSR count). The molecule has 6 nitrogen and oxygen atoms in total. The average molecular weight is 488 g/mol. The van der Waals surface area contributed by atoms with Gasteiger partial charge in [0, 0.05) is 42.3 Å². The van der Waals surface area contributed by atoms with Crippen molar-refractivity contribution in [2.75, 3.05) is 46.2 Å². The Bertz CT molecular complexity index is 893. The molecule has 34 heavy (non-hydrogen) atoms. The molecule has 7 heteroatoms. The van der Waals surface area contributed by atoms with E-state index in [0.717, 1.165) is 60.8 Å². The number of aromatic nitrogens is 1. The molecule has 0 radical (unpaired) electrons. The van der Waals surface area contributed by atoms with Crippen LogP contribution in [0.5, 0.6) is 5.75 Å². The van der Waals surface area contributed by atoms with Gasteiger partial charge >= 0.3 is 0 Å². The maximum absolute atomic E-state index is 10.2. The van der Waals surface area contributed by atoms with E-state index in [9.17, 15) is 5.11 Å². The van der Waals surface area contributed by atoms with Gasteiger partial charge in [-0.3, -0.25) is 4.98 Å². The summed E-state index contributed by atoms with van der Waals surface area (Å²) in [5.41, 5.74) is 5.35. The van der Waals surface area contributed by atoms with Crippen LogP contribution in [0, 0.1) is 11.8 Å². The van der Waals surface area contributed by atoms with Crippen molar-refractivity contribution in [2.45, 2.75) is 56.2 Å². The van der Waals surface area contributed by atoms with Crippen LogP contribution in [0.3, 0.4) is 0 Å². The third kappa shape index (κ3) is 6.64. The predicted molar refractivity (Wildman–Crippen MR) is 140 cm³/mol. The minimum Gasteiger partial charge on any atom is -0.497 e. The van der Waals surface area contributed by atoms with E-state index in [2.05, 4.69) is 39.3 Å². The number of hydrogen-bond acceptors (Lipinski definition) is 7. The van der Waals surface area contributed by atoms with Gasteiger partial charge in [0.15, 0.2) is 0 Å². The average Bonchev–Trinajstić information content (AvgIpc) is 3.40. The molecule has 0 amide bonds. The number of benzene rings is 1. The van der Waals surface area contributed by atoms with Crippen molar-refractivity contribution in [3.63, 3.8) is 0 Å². The Morgan fingerprint density at radius 3 is 2.79 bits per heavy atom. The van der Waals surface area contributed by atoms with Crippen molar-refractivity contribution in [2.24, 2.45) is 11.8 Å². The summed E-state index contributed by atoms with van der Waals surface area (Å²) in [6, 6.07) is 8.14. The van der Waals surface area contributed by atoms with Gasteiger partial charge in [-0.25, -0.2) is 0 Å². The molecular weight excluding hydrogens is 446 g/mol. The standard InChI is InChI=1S/C27H41N3O3S/c1-32-22-8-10-26-25(17-22)24(11-13-28-26)27(29-33-2)9-7-20-12-14-30(18-21(20)19-31)15-16-34-23-5-3-4-6-23/h8,10-11,13,17,20-21,23,27,29,31H,3-7,9,12,14-16,18-19H2,1-2H3/t20-,21-,27?/m1/s1. The van der Waals surface area contributed by atoms with E-state index in [4.69, 9.17) is 9.57 Å². The van der Waals surface area contributed by atoms with Crippen LogP contribution in [-0.4, -0.2) is 66.5 Å². The lowest BCUT2D eigenvalue weighted by molar-refractivity contribution is 0.0434. The smallest absolute Gasteiger partial charge is 0.119 e. The number of rotatable bonds is 12. The summed E-state index contributed by atoms with van der Waals surface area (Å²) in [7, 11) is 3.37.